The van der Waals surface area contributed by atoms with Crippen molar-refractivity contribution in [3.05, 3.63) is 107 Å². The van der Waals surface area contributed by atoms with Crippen LogP contribution in [0, 0.1) is 0 Å². The summed E-state index contributed by atoms with van der Waals surface area (Å²) in [5, 5.41) is 1.04. The number of benzene rings is 4. The van der Waals surface area contributed by atoms with E-state index < -0.39 is 0 Å². The van der Waals surface area contributed by atoms with Crippen LogP contribution in [0.1, 0.15) is 33.1 Å². The van der Waals surface area contributed by atoms with E-state index in [1.807, 2.05) is 77.7 Å². The Hall–Kier alpha value is -4.91. The molecule has 4 aromatic carbocycles. The number of carbonyl (C=O) groups is 1. The lowest BCUT2D eigenvalue weighted by Crippen LogP contribution is -2.28. The molecule has 0 radical (unpaired) electrons. The van der Waals surface area contributed by atoms with Crippen LogP contribution in [0.15, 0.2) is 84.9 Å². The first kappa shape index (κ1) is 23.2. The van der Waals surface area contributed by atoms with Crippen LogP contribution in [-0.2, 0) is 6.54 Å². The molecular weight excluding hydrogens is 492 g/mol. The van der Waals surface area contributed by atoms with Gasteiger partial charge in [-0.25, -0.2) is 0 Å². The Kier molecular flexibility index (Phi) is 5.44. The fourth-order valence-corrected chi connectivity index (χ4v) is 5.75. The van der Waals surface area contributed by atoms with Gasteiger partial charge in [0.2, 0.25) is 6.79 Å². The topological polar surface area (TPSA) is 73.0 Å². The molecule has 0 aliphatic carbocycles. The Balaban J connectivity index is 1.45. The molecular formula is C32H26N2O5. The third-order valence-corrected chi connectivity index (χ3v) is 7.54. The van der Waals surface area contributed by atoms with Gasteiger partial charge in [-0.3, -0.25) is 4.79 Å². The number of hydrogen-bond donors (Lipinski definition) is 1. The molecule has 0 fully saturated rings. The van der Waals surface area contributed by atoms with Crippen molar-refractivity contribution < 1.29 is 23.7 Å². The fourth-order valence-electron chi connectivity index (χ4n) is 5.75. The molecule has 39 heavy (non-hydrogen) atoms. The molecule has 1 N–H and O–H groups in total. The number of ether oxygens (including phenoxy) is 4. The highest BCUT2D eigenvalue weighted by atomic mass is 16.7. The minimum Gasteiger partial charge on any atom is -0.497 e. The summed E-state index contributed by atoms with van der Waals surface area (Å²) in [4.78, 5) is 19.5. The monoisotopic (exact) mass is 518 g/mol. The molecule has 0 unspecified atom stereocenters. The molecule has 2 aliphatic rings. The van der Waals surface area contributed by atoms with Crippen molar-refractivity contribution in [1.82, 2.24) is 9.88 Å². The maximum atomic E-state index is 14.0. The van der Waals surface area contributed by atoms with Gasteiger partial charge in [-0.15, -0.1) is 0 Å². The third-order valence-electron chi connectivity index (χ3n) is 7.54. The van der Waals surface area contributed by atoms with E-state index >= 15 is 0 Å². The molecule has 7 rings (SSSR count). The average molecular weight is 519 g/mol. The van der Waals surface area contributed by atoms with Crippen molar-refractivity contribution in [3.63, 3.8) is 0 Å². The summed E-state index contributed by atoms with van der Waals surface area (Å²) in [5.74, 6) is 2.83. The van der Waals surface area contributed by atoms with Gasteiger partial charge in [-0.05, 0) is 53.6 Å². The number of hydrogen-bond acceptors (Lipinski definition) is 5. The molecule has 0 saturated carbocycles. The van der Waals surface area contributed by atoms with E-state index in [1.54, 1.807) is 14.2 Å². The first-order chi connectivity index (χ1) is 19.2. The standard InChI is InChI=1S/C32H26N2O5/c1-36-20-12-14-26(37-2)24(16-20)30-29(23-9-5-6-10-25(23)33-30)31-21-7-3-4-8-22(21)32(35)34(31)17-19-11-13-27-28(15-19)39-18-38-27/h3-16,31,33H,17-18H2,1-2H3/t31-/m0/s1. The van der Waals surface area contributed by atoms with E-state index in [9.17, 15) is 4.79 Å². The zero-order chi connectivity index (χ0) is 26.5. The predicted molar refractivity (Wildman–Crippen MR) is 148 cm³/mol. The van der Waals surface area contributed by atoms with Crippen molar-refractivity contribution in [1.29, 1.82) is 0 Å². The first-order valence-electron chi connectivity index (χ1n) is 12.8. The van der Waals surface area contributed by atoms with Crippen LogP contribution in [0.25, 0.3) is 22.2 Å². The van der Waals surface area contributed by atoms with Crippen molar-refractivity contribution in [2.24, 2.45) is 0 Å². The third kappa shape index (κ3) is 3.69. The smallest absolute Gasteiger partial charge is 0.255 e. The average Bonchev–Trinajstić information content (AvgIpc) is 3.67. The minimum atomic E-state index is -0.332. The maximum absolute atomic E-state index is 14.0. The van der Waals surface area contributed by atoms with E-state index in [0.29, 0.717) is 23.6 Å². The summed E-state index contributed by atoms with van der Waals surface area (Å²) in [6, 6.07) is 27.3. The van der Waals surface area contributed by atoms with E-state index in [-0.39, 0.29) is 18.7 Å². The molecule has 2 aliphatic heterocycles. The quantitative estimate of drug-likeness (QED) is 0.285. The van der Waals surface area contributed by atoms with E-state index in [1.165, 1.54) is 0 Å². The van der Waals surface area contributed by atoms with Crippen LogP contribution in [-0.4, -0.2) is 36.8 Å². The second kappa shape index (κ2) is 9.13. The lowest BCUT2D eigenvalue weighted by molar-refractivity contribution is 0.0737. The highest BCUT2D eigenvalue weighted by Crippen LogP contribution is 2.48. The Morgan fingerprint density at radius 1 is 0.872 bits per heavy atom. The van der Waals surface area contributed by atoms with Gasteiger partial charge < -0.3 is 28.8 Å². The van der Waals surface area contributed by atoms with Gasteiger partial charge >= 0.3 is 0 Å². The van der Waals surface area contributed by atoms with Gasteiger partial charge in [0, 0.05) is 34.1 Å². The highest BCUT2D eigenvalue weighted by Gasteiger charge is 2.40. The molecule has 0 spiro atoms. The number of para-hydroxylation sites is 1. The molecule has 0 bridgehead atoms. The summed E-state index contributed by atoms with van der Waals surface area (Å²) < 4.78 is 22.5. The second-order valence-electron chi connectivity index (χ2n) is 9.64. The SMILES string of the molecule is COc1ccc(OC)c(-c2[nH]c3ccccc3c2[C@@H]2c3ccccc3C(=O)N2Cc2ccc3c(c2)OCO3)c1. The molecule has 1 atom stereocenters. The number of amides is 1. The molecule has 3 heterocycles. The second-order valence-corrected chi connectivity index (χ2v) is 9.64. The van der Waals surface area contributed by atoms with Gasteiger partial charge in [0.1, 0.15) is 11.5 Å². The Labute approximate surface area is 225 Å². The van der Waals surface area contributed by atoms with Crippen molar-refractivity contribution in [2.45, 2.75) is 12.6 Å². The fraction of sp³-hybridized carbons (Fsp3) is 0.156. The van der Waals surface area contributed by atoms with E-state index in [2.05, 4.69) is 17.1 Å². The zero-order valence-electron chi connectivity index (χ0n) is 21.6. The number of nitrogens with zero attached hydrogens (tertiary/aromatic N) is 1. The van der Waals surface area contributed by atoms with Crippen LogP contribution in [0.4, 0.5) is 0 Å². The highest BCUT2D eigenvalue weighted by molar-refractivity contribution is 6.02. The van der Waals surface area contributed by atoms with Crippen LogP contribution < -0.4 is 18.9 Å². The summed E-state index contributed by atoms with van der Waals surface area (Å²) in [6.07, 6.45) is 0. The van der Waals surface area contributed by atoms with Crippen LogP contribution in [0.5, 0.6) is 23.0 Å². The minimum absolute atomic E-state index is 0.0119. The van der Waals surface area contributed by atoms with Crippen LogP contribution in [0.2, 0.25) is 0 Å². The number of methoxy groups -OCH3 is 2. The Morgan fingerprint density at radius 2 is 1.69 bits per heavy atom. The maximum Gasteiger partial charge on any atom is 0.255 e. The van der Waals surface area contributed by atoms with E-state index in [0.717, 1.165) is 50.3 Å². The summed E-state index contributed by atoms with van der Waals surface area (Å²) in [7, 11) is 3.31. The Morgan fingerprint density at radius 3 is 2.56 bits per heavy atom. The number of carbonyl (C=O) groups excluding carboxylic acids is 1. The summed E-state index contributed by atoms with van der Waals surface area (Å²) in [5.41, 5.74) is 6.38. The molecule has 194 valence electrons. The number of aromatic amines is 1. The molecule has 7 heteroatoms. The van der Waals surface area contributed by atoms with Crippen molar-refractivity contribution in [3.8, 4) is 34.3 Å². The largest absolute Gasteiger partial charge is 0.497 e. The van der Waals surface area contributed by atoms with Gasteiger partial charge in [-0.1, -0.05) is 42.5 Å². The first-order valence-corrected chi connectivity index (χ1v) is 12.8. The number of aromatic nitrogens is 1. The number of H-pyrrole nitrogens is 1. The number of rotatable bonds is 6. The normalized spacial score (nSPS) is 15.6. The summed E-state index contributed by atoms with van der Waals surface area (Å²) >= 11 is 0. The van der Waals surface area contributed by atoms with Crippen LogP contribution in [0.3, 0.4) is 0 Å². The van der Waals surface area contributed by atoms with Gasteiger partial charge in [0.25, 0.3) is 5.91 Å². The number of nitrogens with one attached hydrogen (secondary N) is 1. The van der Waals surface area contributed by atoms with Crippen LogP contribution >= 0.6 is 0 Å². The lowest BCUT2D eigenvalue weighted by atomic mass is 9.92. The molecule has 1 amide bonds. The molecule has 7 nitrogen and oxygen atoms in total. The van der Waals surface area contributed by atoms with E-state index in [4.69, 9.17) is 18.9 Å². The predicted octanol–water partition coefficient (Wildman–Crippen LogP) is 6.33. The van der Waals surface area contributed by atoms with Gasteiger partial charge in [0.05, 0.1) is 26.0 Å². The Bertz CT molecular complexity index is 1740. The molecule has 5 aromatic rings. The summed E-state index contributed by atoms with van der Waals surface area (Å²) in [6.45, 7) is 0.611. The van der Waals surface area contributed by atoms with Gasteiger partial charge in [-0.2, -0.15) is 0 Å². The zero-order valence-corrected chi connectivity index (χ0v) is 21.6. The molecule has 0 saturated heterocycles. The lowest BCUT2D eigenvalue weighted by Gasteiger charge is -2.27. The molecule has 1 aromatic heterocycles. The number of fused-ring (bicyclic) bond motifs is 3. The van der Waals surface area contributed by atoms with Gasteiger partial charge in [0.15, 0.2) is 11.5 Å². The van der Waals surface area contributed by atoms with Crippen molar-refractivity contribution >= 4 is 16.8 Å². The van der Waals surface area contributed by atoms with Crippen molar-refractivity contribution in [2.75, 3.05) is 21.0 Å².